The van der Waals surface area contributed by atoms with E-state index in [4.69, 9.17) is 0 Å². The van der Waals surface area contributed by atoms with E-state index in [2.05, 4.69) is 106 Å². The number of likely N-dealkylation sites (tertiary alicyclic amines) is 2. The summed E-state index contributed by atoms with van der Waals surface area (Å²) >= 11 is 0. The van der Waals surface area contributed by atoms with E-state index in [1.807, 2.05) is 45.8 Å². The van der Waals surface area contributed by atoms with E-state index >= 15 is 0 Å². The van der Waals surface area contributed by atoms with Crippen LogP contribution in [0.1, 0.15) is 125 Å². The van der Waals surface area contributed by atoms with Crippen LogP contribution >= 0.6 is 0 Å². The molecular formula is C72H96F2N12O6. The highest BCUT2D eigenvalue weighted by molar-refractivity contribution is 5.98. The molecule has 4 saturated heterocycles. The third-order valence-corrected chi connectivity index (χ3v) is 20.6. The summed E-state index contributed by atoms with van der Waals surface area (Å²) in [6, 6.07) is 25.0. The van der Waals surface area contributed by atoms with Crippen molar-refractivity contribution in [1.29, 1.82) is 0 Å². The first kappa shape index (κ1) is 66.5. The van der Waals surface area contributed by atoms with E-state index in [9.17, 15) is 37.5 Å². The minimum atomic E-state index is -0.432. The van der Waals surface area contributed by atoms with Crippen molar-refractivity contribution in [3.63, 3.8) is 0 Å². The summed E-state index contributed by atoms with van der Waals surface area (Å²) in [5.74, 6) is 0.214. The van der Waals surface area contributed by atoms with Crippen LogP contribution in [0.3, 0.4) is 0 Å². The predicted octanol–water partition coefficient (Wildman–Crippen LogP) is 6.62. The minimum Gasteiger partial charge on any atom is -0.341 e. The zero-order valence-electron chi connectivity index (χ0n) is 55.3. The van der Waals surface area contributed by atoms with Gasteiger partial charge in [-0.25, -0.2) is 8.78 Å². The summed E-state index contributed by atoms with van der Waals surface area (Å²) in [7, 11) is 3.76. The zero-order valence-corrected chi connectivity index (χ0v) is 55.3. The molecular weight excluding hydrogens is 1170 g/mol. The maximum Gasteiger partial charge on any atom is 0.251 e. The number of aromatic nitrogens is 2. The second-order valence-corrected chi connectivity index (χ2v) is 29.1. The Labute approximate surface area is 541 Å². The van der Waals surface area contributed by atoms with Crippen molar-refractivity contribution in [3.8, 4) is 0 Å². The van der Waals surface area contributed by atoms with Crippen molar-refractivity contribution in [2.45, 2.75) is 141 Å². The van der Waals surface area contributed by atoms with Gasteiger partial charge < -0.3 is 50.0 Å². The standard InChI is InChI=1S/C72H96F2N12O6/c1-47-37-83(43-65(89)85-45-71(3,4)67-61(85)33-55(69(91)77-67)29-49-13-17-57(73)18-14-49)59(35-75-47)41-81-25-21-51(22-26-81)31-63(87)79(7)39-53-9-11-54(12-10-53)40-80(8)64(88)32-52-23-27-82(28-24-52)42-60-36-76-48(2)38-84(60)44-66(90)86-46-72(5,6)68-62(86)34-56(70(92)78-68)30-50-15-19-58(74)20-16-50/h9-20,33-34,47-48,51-52,59-60,75-76H,21-32,35-46H2,1-8H3,(H,77,91)(H,78,92)/t47-,48-,59-,60-/m1/s1. The summed E-state index contributed by atoms with van der Waals surface area (Å²) in [6.07, 6.45) is 5.41. The molecule has 18 nitrogen and oxygen atoms in total. The van der Waals surface area contributed by atoms with Crippen molar-refractivity contribution in [3.05, 3.63) is 162 Å². The van der Waals surface area contributed by atoms with Gasteiger partial charge in [0.15, 0.2) is 0 Å². The SMILES string of the molecule is C[C@@H]1CN(CC(=O)N2CC(C)(C)c3[nH]c(=O)c(Cc4ccc(F)cc4)cc32)[C@@H](CN2CCC(CC(=O)N(C)Cc3ccc(CN(C)C(=O)CC4CCN(C[C@H]5CN[C@H](C)CN5CC(=O)N5CC(C)(C)c6[nH]c(=O)c(Cc7ccc(F)cc7)cc65)CC4)cc3)CC2)CN1. The number of carbonyl (C=O) groups is 4. The number of fused-ring (bicyclic) bond motifs is 2. The van der Waals surface area contributed by atoms with Gasteiger partial charge in [0.05, 0.1) is 24.5 Å². The van der Waals surface area contributed by atoms with Crippen LogP contribution in [0.25, 0.3) is 0 Å². The maximum atomic E-state index is 14.3. The quantitative estimate of drug-likeness (QED) is 0.0655. The Kier molecular flexibility index (Phi) is 20.5. The zero-order chi connectivity index (χ0) is 65.2. The third kappa shape index (κ3) is 16.0. The second kappa shape index (κ2) is 28.3. The van der Waals surface area contributed by atoms with Crippen LogP contribution in [0, 0.1) is 23.5 Å². The van der Waals surface area contributed by atoms with Crippen LogP contribution in [0.4, 0.5) is 20.2 Å². The Morgan fingerprint density at radius 2 is 0.880 bits per heavy atom. The number of carbonyl (C=O) groups excluding carboxylic acids is 4. The molecule has 0 unspecified atom stereocenters. The summed E-state index contributed by atoms with van der Waals surface area (Å²) in [4.78, 5) is 106. The lowest BCUT2D eigenvalue weighted by molar-refractivity contribution is -0.132. The normalized spacial score (nSPS) is 22.3. The molecule has 0 radical (unpaired) electrons. The second-order valence-electron chi connectivity index (χ2n) is 29.1. The molecule has 0 spiro atoms. The number of aromatic amines is 2. The lowest BCUT2D eigenvalue weighted by Crippen LogP contribution is -2.61. The van der Waals surface area contributed by atoms with E-state index in [0.717, 1.165) is 136 Å². The van der Waals surface area contributed by atoms with Gasteiger partial charge >= 0.3 is 0 Å². The molecule has 3 aromatic carbocycles. The lowest BCUT2D eigenvalue weighted by atomic mass is 9.91. The largest absolute Gasteiger partial charge is 0.341 e. The van der Waals surface area contributed by atoms with Crippen molar-refractivity contribution >= 4 is 35.0 Å². The van der Waals surface area contributed by atoms with Crippen molar-refractivity contribution < 1.29 is 28.0 Å². The van der Waals surface area contributed by atoms with Gasteiger partial charge in [-0.05, 0) is 136 Å². The number of nitrogens with zero attached hydrogens (tertiary/aromatic N) is 8. The molecule has 4 amide bonds. The molecule has 0 bridgehead atoms. The van der Waals surface area contributed by atoms with Crippen molar-refractivity contribution in [1.82, 2.24) is 50.0 Å². The third-order valence-electron chi connectivity index (χ3n) is 20.6. The molecule has 2 aromatic heterocycles. The van der Waals surface area contributed by atoms with E-state index in [-0.39, 0.29) is 83.6 Å². The topological polar surface area (TPSA) is 184 Å². The molecule has 494 valence electrons. The fraction of sp³-hybridized carbons (Fsp3) is 0.556. The number of pyridine rings is 2. The van der Waals surface area contributed by atoms with Gasteiger partial charge in [-0.2, -0.15) is 0 Å². The highest BCUT2D eigenvalue weighted by Crippen LogP contribution is 2.41. The molecule has 92 heavy (non-hydrogen) atoms. The summed E-state index contributed by atoms with van der Waals surface area (Å²) < 4.78 is 27.3. The average molecular weight is 1260 g/mol. The summed E-state index contributed by atoms with van der Waals surface area (Å²) in [5.41, 5.74) is 6.55. The first-order chi connectivity index (χ1) is 43.9. The molecule has 8 heterocycles. The van der Waals surface area contributed by atoms with E-state index in [1.54, 1.807) is 24.3 Å². The van der Waals surface area contributed by atoms with Crippen LogP contribution < -0.4 is 31.6 Å². The van der Waals surface area contributed by atoms with Gasteiger partial charge in [0, 0.05) is 163 Å². The van der Waals surface area contributed by atoms with Gasteiger partial charge in [0.2, 0.25) is 23.6 Å². The fourth-order valence-electron chi connectivity index (χ4n) is 15.0. The van der Waals surface area contributed by atoms with Gasteiger partial charge in [-0.15, -0.1) is 0 Å². The number of benzene rings is 3. The monoisotopic (exact) mass is 1260 g/mol. The number of piperidine rings is 2. The molecule has 4 fully saturated rings. The molecule has 6 aliphatic rings. The number of hydrogen-bond acceptors (Lipinski definition) is 12. The number of H-pyrrole nitrogens is 2. The molecule has 0 saturated carbocycles. The number of amides is 4. The predicted molar refractivity (Wildman–Crippen MR) is 356 cm³/mol. The molecule has 11 rings (SSSR count). The first-order valence-corrected chi connectivity index (χ1v) is 33.5. The van der Waals surface area contributed by atoms with Crippen LogP contribution in [-0.2, 0) is 55.9 Å². The van der Waals surface area contributed by atoms with Crippen LogP contribution in [0.15, 0.2) is 94.5 Å². The highest BCUT2D eigenvalue weighted by Gasteiger charge is 2.43. The number of nitrogens with one attached hydrogen (secondary N) is 4. The van der Waals surface area contributed by atoms with E-state index in [1.165, 1.54) is 24.3 Å². The number of halogens is 2. The lowest BCUT2D eigenvalue weighted by Gasteiger charge is -2.43. The number of rotatable bonds is 20. The molecule has 4 N–H and O–H groups in total. The number of hydrogen-bond donors (Lipinski definition) is 4. The van der Waals surface area contributed by atoms with Gasteiger partial charge in [0.25, 0.3) is 11.1 Å². The smallest absolute Gasteiger partial charge is 0.251 e. The van der Waals surface area contributed by atoms with E-state index < -0.39 is 10.8 Å². The summed E-state index contributed by atoms with van der Waals surface area (Å²) in [6.45, 7) is 23.2. The van der Waals surface area contributed by atoms with Crippen LogP contribution in [0.2, 0.25) is 0 Å². The molecule has 4 atom stereocenters. The summed E-state index contributed by atoms with van der Waals surface area (Å²) in [5, 5.41) is 7.29. The Balaban J connectivity index is 0.592. The van der Waals surface area contributed by atoms with Gasteiger partial charge in [-0.3, -0.25) is 38.6 Å². The Hall–Kier alpha value is -6.94. The maximum absolute atomic E-state index is 14.3. The van der Waals surface area contributed by atoms with Crippen molar-refractivity contribution in [2.75, 3.05) is 116 Å². The van der Waals surface area contributed by atoms with E-state index in [0.29, 0.717) is 74.8 Å². The average Bonchev–Trinajstić information content (AvgIpc) is 1.61. The van der Waals surface area contributed by atoms with Crippen LogP contribution in [-0.4, -0.2) is 193 Å². The Morgan fingerprint density at radius 3 is 1.24 bits per heavy atom. The number of anilines is 2. The molecule has 6 aliphatic heterocycles. The Bertz CT molecular complexity index is 3330. The number of piperazine rings is 2. The van der Waals surface area contributed by atoms with Gasteiger partial charge in [0.1, 0.15) is 11.6 Å². The minimum absolute atomic E-state index is 0.00378. The molecule has 0 aliphatic carbocycles. The molecule has 20 heteroatoms. The highest BCUT2D eigenvalue weighted by atomic mass is 19.1. The van der Waals surface area contributed by atoms with Gasteiger partial charge in [-0.1, -0.05) is 76.2 Å². The Morgan fingerprint density at radius 1 is 0.533 bits per heavy atom. The fourth-order valence-corrected chi connectivity index (χ4v) is 15.0. The first-order valence-electron chi connectivity index (χ1n) is 33.5. The molecule has 5 aromatic rings. The van der Waals surface area contributed by atoms with Crippen LogP contribution in [0.5, 0.6) is 0 Å². The van der Waals surface area contributed by atoms with Crippen molar-refractivity contribution in [2.24, 2.45) is 11.8 Å².